The molecule has 0 bridgehead atoms. The predicted octanol–water partition coefficient (Wildman–Crippen LogP) is 1.62. The Kier molecular flexibility index (Phi) is 3.44. The molecule has 3 rings (SSSR count). The number of aryl methyl sites for hydroxylation is 1. The summed E-state index contributed by atoms with van der Waals surface area (Å²) in [6.45, 7) is 1.92. The summed E-state index contributed by atoms with van der Waals surface area (Å²) >= 11 is 0. The van der Waals surface area contributed by atoms with E-state index in [2.05, 4.69) is 33.6 Å². The first-order valence-corrected chi connectivity index (χ1v) is 7.52. The molecule has 0 amide bonds. The molecule has 0 atom stereocenters. The van der Waals surface area contributed by atoms with E-state index in [1.165, 1.54) is 31.2 Å². The van der Waals surface area contributed by atoms with E-state index < -0.39 is 0 Å². The number of hydrogen-bond donors (Lipinski definition) is 1. The molecule has 2 saturated carbocycles. The fourth-order valence-corrected chi connectivity index (χ4v) is 3.13. The van der Waals surface area contributed by atoms with Crippen LogP contribution < -0.4 is 5.32 Å². The Morgan fingerprint density at radius 2 is 2.30 bits per heavy atom. The van der Waals surface area contributed by atoms with Crippen LogP contribution in [0.3, 0.4) is 0 Å². The molecule has 0 unspecified atom stereocenters. The fraction of sp³-hybridized carbons (Fsp3) is 0.733. The normalized spacial score (nSPS) is 20.9. The molecule has 2 aliphatic carbocycles. The maximum Gasteiger partial charge on any atom is 0.193 e. The first-order chi connectivity index (χ1) is 9.63. The lowest BCUT2D eigenvalue weighted by molar-refractivity contribution is 0.409. The minimum atomic E-state index is 0.602. The van der Waals surface area contributed by atoms with Gasteiger partial charge in [0.2, 0.25) is 0 Å². The van der Waals surface area contributed by atoms with Crippen LogP contribution >= 0.6 is 0 Å². The van der Waals surface area contributed by atoms with E-state index >= 15 is 0 Å². The van der Waals surface area contributed by atoms with Gasteiger partial charge in [-0.2, -0.15) is 5.10 Å². The highest BCUT2D eigenvalue weighted by Gasteiger charge is 2.53. The van der Waals surface area contributed by atoms with Crippen molar-refractivity contribution in [3.8, 4) is 0 Å². The van der Waals surface area contributed by atoms with E-state index in [1.54, 1.807) is 0 Å². The Labute approximate surface area is 121 Å². The monoisotopic (exact) mass is 275 g/mol. The Hall–Kier alpha value is -1.52. The van der Waals surface area contributed by atoms with E-state index in [9.17, 15) is 0 Å². The Balaban J connectivity index is 1.53. The lowest BCUT2D eigenvalue weighted by Crippen LogP contribution is -2.41. The highest BCUT2D eigenvalue weighted by Crippen LogP contribution is 2.60. The predicted molar refractivity (Wildman–Crippen MR) is 80.4 cm³/mol. The average Bonchev–Trinajstić information content (AvgIpc) is 3.31. The third-order valence-corrected chi connectivity index (χ3v) is 4.69. The van der Waals surface area contributed by atoms with Crippen LogP contribution in [-0.2, 0) is 13.6 Å². The zero-order valence-electron chi connectivity index (χ0n) is 12.8. The molecule has 1 aromatic rings. The Morgan fingerprint density at radius 3 is 2.80 bits per heavy atom. The zero-order valence-corrected chi connectivity index (χ0v) is 12.8. The third kappa shape index (κ3) is 2.81. The second-order valence-corrected chi connectivity index (χ2v) is 6.42. The summed E-state index contributed by atoms with van der Waals surface area (Å²) in [6.07, 6.45) is 9.63. The number of nitrogens with one attached hydrogen (secondary N) is 1. The zero-order chi connectivity index (χ0) is 14.2. The second kappa shape index (κ2) is 5.11. The molecule has 2 aliphatic rings. The number of hydrogen-bond acceptors (Lipinski definition) is 2. The van der Waals surface area contributed by atoms with Crippen molar-refractivity contribution in [2.45, 2.75) is 32.2 Å². The van der Waals surface area contributed by atoms with Gasteiger partial charge >= 0.3 is 0 Å². The van der Waals surface area contributed by atoms with Crippen molar-refractivity contribution in [3.05, 3.63) is 18.0 Å². The average molecular weight is 275 g/mol. The molecular formula is C15H25N5. The van der Waals surface area contributed by atoms with Gasteiger partial charge in [0.25, 0.3) is 0 Å². The third-order valence-electron chi connectivity index (χ3n) is 4.69. The Morgan fingerprint density at radius 1 is 1.55 bits per heavy atom. The standard InChI is InChI=1S/C15H25N5/c1-16-14(17-11-15(6-7-15)13-4-5-13)19(2)9-12-8-18-20(3)10-12/h8,10,13H,4-7,9,11H2,1-3H3,(H,16,17). The van der Waals surface area contributed by atoms with Crippen LogP contribution in [0.4, 0.5) is 0 Å². The molecule has 5 heteroatoms. The fourth-order valence-electron chi connectivity index (χ4n) is 3.13. The van der Waals surface area contributed by atoms with E-state index in [0.29, 0.717) is 5.41 Å². The van der Waals surface area contributed by atoms with Crippen LogP contribution in [0.2, 0.25) is 0 Å². The quantitative estimate of drug-likeness (QED) is 0.656. The number of aromatic nitrogens is 2. The van der Waals surface area contributed by atoms with Gasteiger partial charge < -0.3 is 10.2 Å². The summed E-state index contributed by atoms with van der Waals surface area (Å²) < 4.78 is 1.84. The minimum Gasteiger partial charge on any atom is -0.356 e. The van der Waals surface area contributed by atoms with Gasteiger partial charge in [0, 0.05) is 46.0 Å². The van der Waals surface area contributed by atoms with E-state index in [4.69, 9.17) is 0 Å². The first kappa shape index (κ1) is 13.5. The lowest BCUT2D eigenvalue weighted by atomic mass is 10.0. The summed E-state index contributed by atoms with van der Waals surface area (Å²) in [5.74, 6) is 1.97. The van der Waals surface area contributed by atoms with E-state index in [-0.39, 0.29) is 0 Å². The summed E-state index contributed by atoms with van der Waals surface area (Å²) in [5, 5.41) is 7.78. The first-order valence-electron chi connectivity index (χ1n) is 7.52. The van der Waals surface area contributed by atoms with Crippen molar-refractivity contribution < 1.29 is 0 Å². The van der Waals surface area contributed by atoms with Crippen LogP contribution in [-0.4, -0.2) is 41.3 Å². The molecule has 0 saturated heterocycles. The molecule has 1 N–H and O–H groups in total. The maximum absolute atomic E-state index is 4.41. The molecule has 0 aliphatic heterocycles. The van der Waals surface area contributed by atoms with Crippen molar-refractivity contribution in [1.82, 2.24) is 20.0 Å². The van der Waals surface area contributed by atoms with E-state index in [0.717, 1.165) is 25.0 Å². The van der Waals surface area contributed by atoms with Gasteiger partial charge in [-0.15, -0.1) is 0 Å². The smallest absolute Gasteiger partial charge is 0.193 e. The SMILES string of the molecule is CN=C(NCC1(C2CC2)CC1)N(C)Cc1cnn(C)c1. The summed E-state index contributed by atoms with van der Waals surface area (Å²) in [7, 11) is 5.89. The number of nitrogens with zero attached hydrogens (tertiary/aromatic N) is 4. The van der Waals surface area contributed by atoms with Gasteiger partial charge in [0.1, 0.15) is 0 Å². The summed E-state index contributed by atoms with van der Waals surface area (Å²) in [5.41, 5.74) is 1.81. The van der Waals surface area contributed by atoms with Gasteiger partial charge in [0.05, 0.1) is 6.20 Å². The van der Waals surface area contributed by atoms with Gasteiger partial charge in [0.15, 0.2) is 5.96 Å². The molecule has 0 aromatic carbocycles. The molecule has 1 heterocycles. The van der Waals surface area contributed by atoms with Crippen molar-refractivity contribution in [2.24, 2.45) is 23.4 Å². The summed E-state index contributed by atoms with van der Waals surface area (Å²) in [6, 6.07) is 0. The van der Waals surface area contributed by atoms with Crippen molar-refractivity contribution in [1.29, 1.82) is 0 Å². The van der Waals surface area contributed by atoms with Crippen molar-refractivity contribution in [2.75, 3.05) is 20.6 Å². The van der Waals surface area contributed by atoms with Crippen molar-refractivity contribution in [3.63, 3.8) is 0 Å². The second-order valence-electron chi connectivity index (χ2n) is 6.42. The minimum absolute atomic E-state index is 0.602. The van der Waals surface area contributed by atoms with Crippen LogP contribution in [0, 0.1) is 11.3 Å². The van der Waals surface area contributed by atoms with Crippen LogP contribution in [0.5, 0.6) is 0 Å². The highest BCUT2D eigenvalue weighted by molar-refractivity contribution is 5.79. The molecule has 110 valence electrons. The van der Waals surface area contributed by atoms with Crippen LogP contribution in [0.15, 0.2) is 17.4 Å². The van der Waals surface area contributed by atoms with Crippen LogP contribution in [0.1, 0.15) is 31.2 Å². The van der Waals surface area contributed by atoms with Gasteiger partial charge in [-0.1, -0.05) is 0 Å². The highest BCUT2D eigenvalue weighted by atomic mass is 15.3. The van der Waals surface area contributed by atoms with E-state index in [1.807, 2.05) is 25.0 Å². The number of rotatable bonds is 5. The molecule has 5 nitrogen and oxygen atoms in total. The van der Waals surface area contributed by atoms with Gasteiger partial charge in [-0.25, -0.2) is 0 Å². The molecular weight excluding hydrogens is 250 g/mol. The number of guanidine groups is 1. The molecule has 2 fully saturated rings. The van der Waals surface area contributed by atoms with Crippen LogP contribution in [0.25, 0.3) is 0 Å². The maximum atomic E-state index is 4.41. The van der Waals surface area contributed by atoms with Gasteiger partial charge in [-0.05, 0) is 37.0 Å². The molecule has 1 aromatic heterocycles. The molecule has 0 radical (unpaired) electrons. The lowest BCUT2D eigenvalue weighted by Gasteiger charge is -2.24. The van der Waals surface area contributed by atoms with Gasteiger partial charge in [-0.3, -0.25) is 9.67 Å². The molecule has 20 heavy (non-hydrogen) atoms. The number of aliphatic imine (C=N–C) groups is 1. The largest absolute Gasteiger partial charge is 0.356 e. The molecule has 0 spiro atoms. The summed E-state index contributed by atoms with van der Waals surface area (Å²) in [4.78, 5) is 6.57. The Bertz CT molecular complexity index is 496. The van der Waals surface area contributed by atoms with Crippen molar-refractivity contribution >= 4 is 5.96 Å². The topological polar surface area (TPSA) is 45.5 Å².